The van der Waals surface area contributed by atoms with E-state index in [-0.39, 0.29) is 11.2 Å². The minimum atomic E-state index is -0.383. The van der Waals surface area contributed by atoms with E-state index in [1.54, 1.807) is 16.8 Å². The lowest BCUT2D eigenvalue weighted by atomic mass is 9.84. The molecular weight excluding hydrogens is 245 g/mol. The average molecular weight is 263 g/mol. The number of benzene rings is 1. The van der Waals surface area contributed by atoms with Crippen LogP contribution in [0.25, 0.3) is 0 Å². The summed E-state index contributed by atoms with van der Waals surface area (Å²) >= 11 is 0. The molecule has 0 amide bonds. The van der Waals surface area contributed by atoms with Crippen LogP contribution in [0.4, 0.5) is 4.39 Å². The number of aromatic nitrogens is 4. The molecule has 1 aromatic heterocycles. The predicted molar refractivity (Wildman–Crippen MR) is 70.0 cm³/mol. The zero-order valence-electron chi connectivity index (χ0n) is 11.2. The van der Waals surface area contributed by atoms with Crippen molar-refractivity contribution in [2.45, 2.75) is 32.2 Å². The molecule has 1 heterocycles. The van der Waals surface area contributed by atoms with Gasteiger partial charge in [-0.2, -0.15) is 0 Å². The Kier molecular flexibility index (Phi) is 3.90. The van der Waals surface area contributed by atoms with Gasteiger partial charge in [0.25, 0.3) is 0 Å². The van der Waals surface area contributed by atoms with Crippen LogP contribution in [0.5, 0.6) is 0 Å². The Morgan fingerprint density at radius 1 is 1.26 bits per heavy atom. The summed E-state index contributed by atoms with van der Waals surface area (Å²) in [6.45, 7) is 5.31. The van der Waals surface area contributed by atoms with Crippen molar-refractivity contribution in [2.75, 3.05) is 6.54 Å². The van der Waals surface area contributed by atoms with Gasteiger partial charge in [-0.05, 0) is 54.9 Å². The number of halogens is 1. The van der Waals surface area contributed by atoms with E-state index < -0.39 is 0 Å². The van der Waals surface area contributed by atoms with Crippen molar-refractivity contribution >= 4 is 0 Å². The Morgan fingerprint density at radius 3 is 2.58 bits per heavy atom. The van der Waals surface area contributed by atoms with E-state index in [0.717, 1.165) is 17.8 Å². The molecule has 0 aliphatic heterocycles. The molecule has 0 spiro atoms. The number of hydrogen-bond donors (Lipinski definition) is 1. The molecule has 1 aromatic carbocycles. The maximum absolute atomic E-state index is 13.0. The maximum Gasteiger partial charge on any atom is 0.161 e. The molecule has 0 fully saturated rings. The summed E-state index contributed by atoms with van der Waals surface area (Å²) in [6, 6.07) is 6.42. The first-order valence-corrected chi connectivity index (χ1v) is 6.28. The van der Waals surface area contributed by atoms with Crippen molar-refractivity contribution in [3.63, 3.8) is 0 Å². The zero-order chi connectivity index (χ0) is 13.9. The van der Waals surface area contributed by atoms with Gasteiger partial charge < -0.3 is 5.73 Å². The molecular formula is C13H18FN5. The second kappa shape index (κ2) is 5.44. The molecule has 0 aliphatic rings. The summed E-state index contributed by atoms with van der Waals surface area (Å²) in [5, 5.41) is 11.8. The van der Waals surface area contributed by atoms with E-state index in [2.05, 4.69) is 15.5 Å². The van der Waals surface area contributed by atoms with Crippen LogP contribution in [0.2, 0.25) is 0 Å². The molecule has 0 aliphatic carbocycles. The second-order valence-corrected chi connectivity index (χ2v) is 5.00. The largest absolute Gasteiger partial charge is 0.330 e. The topological polar surface area (TPSA) is 69.6 Å². The Hall–Kier alpha value is -1.82. The number of rotatable bonds is 5. The van der Waals surface area contributed by atoms with E-state index >= 15 is 0 Å². The van der Waals surface area contributed by atoms with Crippen molar-refractivity contribution < 1.29 is 4.39 Å². The van der Waals surface area contributed by atoms with Gasteiger partial charge in [0.15, 0.2) is 5.82 Å². The van der Waals surface area contributed by atoms with Crippen LogP contribution < -0.4 is 5.73 Å². The van der Waals surface area contributed by atoms with Gasteiger partial charge in [-0.1, -0.05) is 12.1 Å². The summed E-state index contributed by atoms with van der Waals surface area (Å²) in [5.74, 6) is 0.509. The molecule has 0 bridgehead atoms. The molecule has 0 unspecified atom stereocenters. The molecule has 2 N–H and O–H groups in total. The third-order valence-electron chi connectivity index (χ3n) is 3.23. The Labute approximate surface area is 111 Å². The Bertz CT molecular complexity index is 532. The molecule has 19 heavy (non-hydrogen) atoms. The molecule has 2 rings (SSSR count). The standard InChI is InChI=1S/C13H18FN5/c1-13(2,10-4-6-11(14)7-5-10)12-16-17-18-19(12)9-3-8-15/h4-7H,3,8-9,15H2,1-2H3. The van der Waals surface area contributed by atoms with Crippen LogP contribution >= 0.6 is 0 Å². The predicted octanol–water partition coefficient (Wildman–Crippen LogP) is 1.49. The normalized spacial score (nSPS) is 11.8. The third kappa shape index (κ3) is 2.78. The van der Waals surface area contributed by atoms with Crippen molar-refractivity contribution in [1.29, 1.82) is 0 Å². The van der Waals surface area contributed by atoms with Crippen LogP contribution in [0.1, 0.15) is 31.7 Å². The van der Waals surface area contributed by atoms with Gasteiger partial charge in [0, 0.05) is 6.54 Å². The minimum Gasteiger partial charge on any atom is -0.330 e. The summed E-state index contributed by atoms with van der Waals surface area (Å²) in [7, 11) is 0. The zero-order valence-corrected chi connectivity index (χ0v) is 11.2. The number of tetrazole rings is 1. The van der Waals surface area contributed by atoms with E-state index in [9.17, 15) is 4.39 Å². The van der Waals surface area contributed by atoms with Gasteiger partial charge >= 0.3 is 0 Å². The fourth-order valence-corrected chi connectivity index (χ4v) is 2.04. The molecule has 5 nitrogen and oxygen atoms in total. The van der Waals surface area contributed by atoms with Gasteiger partial charge in [0.05, 0.1) is 5.41 Å². The van der Waals surface area contributed by atoms with Gasteiger partial charge in [-0.15, -0.1) is 5.10 Å². The summed E-state index contributed by atoms with van der Waals surface area (Å²) in [4.78, 5) is 0. The first-order chi connectivity index (χ1) is 9.05. The first kappa shape index (κ1) is 13.6. The van der Waals surface area contributed by atoms with Crippen LogP contribution in [-0.4, -0.2) is 26.8 Å². The monoisotopic (exact) mass is 263 g/mol. The summed E-state index contributed by atoms with van der Waals surface area (Å²) in [6.07, 6.45) is 0.817. The van der Waals surface area contributed by atoms with Gasteiger partial charge in [0.2, 0.25) is 0 Å². The molecule has 0 radical (unpaired) electrons. The molecule has 6 heteroatoms. The first-order valence-electron chi connectivity index (χ1n) is 6.28. The van der Waals surface area contributed by atoms with Crippen LogP contribution in [0, 0.1) is 5.82 Å². The van der Waals surface area contributed by atoms with E-state index in [4.69, 9.17) is 5.73 Å². The van der Waals surface area contributed by atoms with Crippen LogP contribution in [0.3, 0.4) is 0 Å². The Morgan fingerprint density at radius 2 is 1.95 bits per heavy atom. The molecule has 2 aromatic rings. The quantitative estimate of drug-likeness (QED) is 0.887. The fourth-order valence-electron chi connectivity index (χ4n) is 2.04. The van der Waals surface area contributed by atoms with Crippen LogP contribution in [-0.2, 0) is 12.0 Å². The lowest BCUT2D eigenvalue weighted by Gasteiger charge is -2.24. The average Bonchev–Trinajstić information content (AvgIpc) is 2.86. The molecule has 0 atom stereocenters. The minimum absolute atomic E-state index is 0.248. The van der Waals surface area contributed by atoms with E-state index in [1.165, 1.54) is 12.1 Å². The van der Waals surface area contributed by atoms with Gasteiger partial charge in [-0.3, -0.25) is 0 Å². The highest BCUT2D eigenvalue weighted by atomic mass is 19.1. The van der Waals surface area contributed by atoms with Crippen molar-refractivity contribution in [3.05, 3.63) is 41.5 Å². The Balaban J connectivity index is 2.33. The van der Waals surface area contributed by atoms with E-state index in [0.29, 0.717) is 13.1 Å². The summed E-state index contributed by atoms with van der Waals surface area (Å²) in [5.41, 5.74) is 6.10. The second-order valence-electron chi connectivity index (χ2n) is 5.00. The number of hydrogen-bond acceptors (Lipinski definition) is 4. The number of nitrogens with two attached hydrogens (primary N) is 1. The molecule has 0 saturated carbocycles. The fraction of sp³-hybridized carbons (Fsp3) is 0.462. The van der Waals surface area contributed by atoms with E-state index in [1.807, 2.05) is 13.8 Å². The SMILES string of the molecule is CC(C)(c1ccc(F)cc1)c1nnnn1CCCN. The number of nitrogens with zero attached hydrogens (tertiary/aromatic N) is 4. The van der Waals surface area contributed by atoms with Crippen molar-refractivity contribution in [3.8, 4) is 0 Å². The smallest absolute Gasteiger partial charge is 0.161 e. The molecule has 102 valence electrons. The van der Waals surface area contributed by atoms with Crippen LogP contribution in [0.15, 0.2) is 24.3 Å². The van der Waals surface area contributed by atoms with Crippen molar-refractivity contribution in [2.24, 2.45) is 5.73 Å². The van der Waals surface area contributed by atoms with Gasteiger partial charge in [0.1, 0.15) is 5.82 Å². The van der Waals surface area contributed by atoms with Crippen molar-refractivity contribution in [1.82, 2.24) is 20.2 Å². The maximum atomic E-state index is 13.0. The summed E-state index contributed by atoms with van der Waals surface area (Å²) < 4.78 is 14.8. The number of aryl methyl sites for hydroxylation is 1. The third-order valence-corrected chi connectivity index (χ3v) is 3.23. The lowest BCUT2D eigenvalue weighted by molar-refractivity contribution is 0.483. The highest BCUT2D eigenvalue weighted by Crippen LogP contribution is 2.29. The highest BCUT2D eigenvalue weighted by Gasteiger charge is 2.29. The highest BCUT2D eigenvalue weighted by molar-refractivity contribution is 5.30. The molecule has 0 saturated heterocycles. The van der Waals surface area contributed by atoms with Gasteiger partial charge in [-0.25, -0.2) is 9.07 Å². The lowest BCUT2D eigenvalue weighted by Crippen LogP contribution is -2.25.